The lowest BCUT2D eigenvalue weighted by molar-refractivity contribution is -0.118. The highest BCUT2D eigenvalue weighted by Gasteiger charge is 2.58. The average Bonchev–Trinajstić information content (AvgIpc) is 2.81. The molecule has 2 amide bonds. The number of anilines is 1. The van der Waals surface area contributed by atoms with Crippen molar-refractivity contribution in [2.75, 3.05) is 5.32 Å². The van der Waals surface area contributed by atoms with E-state index < -0.39 is 33.7 Å². The number of nitrogens with one attached hydrogen (secondary N) is 3. The Bertz CT molecular complexity index is 1380. The van der Waals surface area contributed by atoms with Crippen molar-refractivity contribution in [1.82, 2.24) is 10.0 Å². The van der Waals surface area contributed by atoms with Gasteiger partial charge in [0.25, 0.3) is 5.91 Å². The van der Waals surface area contributed by atoms with Crippen LogP contribution in [0.5, 0.6) is 0 Å². The van der Waals surface area contributed by atoms with Crippen LogP contribution < -0.4 is 15.4 Å². The van der Waals surface area contributed by atoms with Crippen LogP contribution in [-0.2, 0) is 21.2 Å². The van der Waals surface area contributed by atoms with Crippen LogP contribution in [0.2, 0.25) is 0 Å². The number of rotatable bonds is 9. The number of halogens is 1. The third-order valence-electron chi connectivity index (χ3n) is 6.81. The van der Waals surface area contributed by atoms with E-state index in [1.165, 1.54) is 42.5 Å². The molecule has 7 nitrogen and oxygen atoms in total. The van der Waals surface area contributed by atoms with Crippen molar-refractivity contribution in [3.63, 3.8) is 0 Å². The molecule has 3 aliphatic carbocycles. The van der Waals surface area contributed by atoms with E-state index in [-0.39, 0.29) is 22.4 Å². The van der Waals surface area contributed by atoms with E-state index in [0.717, 1.165) is 30.9 Å². The zero-order chi connectivity index (χ0) is 25.3. The fourth-order valence-electron chi connectivity index (χ4n) is 4.82. The Labute approximate surface area is 209 Å². The summed E-state index contributed by atoms with van der Waals surface area (Å²) in [5, 5.41) is 5.43. The van der Waals surface area contributed by atoms with Crippen LogP contribution in [0, 0.1) is 11.7 Å². The molecule has 3 aromatic rings. The summed E-state index contributed by atoms with van der Waals surface area (Å²) < 4.78 is 41.8. The number of carbonyl (C=O) groups is 2. The second-order valence-electron chi connectivity index (χ2n) is 9.60. The van der Waals surface area contributed by atoms with E-state index in [2.05, 4.69) is 15.4 Å². The van der Waals surface area contributed by atoms with Crippen molar-refractivity contribution in [3.05, 3.63) is 95.8 Å². The summed E-state index contributed by atoms with van der Waals surface area (Å²) in [7, 11) is -3.64. The van der Waals surface area contributed by atoms with Gasteiger partial charge in [-0.1, -0.05) is 36.4 Å². The third-order valence-corrected chi connectivity index (χ3v) is 8.41. The molecule has 0 aromatic heterocycles. The number of carbonyl (C=O) groups excluding carboxylic acids is 2. The molecule has 3 fully saturated rings. The van der Waals surface area contributed by atoms with Gasteiger partial charge in [0.05, 0.1) is 4.90 Å². The maximum Gasteiger partial charge on any atom is 0.252 e. The SMILES string of the molecule is O=C(N[C@@H](Cc1ccccc1)C(=O)Nc1ccc(S(=O)(=O)NC23CC(C2)C3)cc1)c1cccc(F)c1. The third kappa shape index (κ3) is 5.17. The zero-order valence-corrected chi connectivity index (χ0v) is 20.2. The van der Waals surface area contributed by atoms with Gasteiger partial charge < -0.3 is 10.6 Å². The van der Waals surface area contributed by atoms with Gasteiger partial charge in [0, 0.05) is 23.2 Å². The lowest BCUT2D eigenvalue weighted by atomic mass is 9.50. The van der Waals surface area contributed by atoms with Crippen LogP contribution >= 0.6 is 0 Å². The monoisotopic (exact) mass is 507 g/mol. The Morgan fingerprint density at radius 1 is 0.944 bits per heavy atom. The average molecular weight is 508 g/mol. The predicted molar refractivity (Wildman–Crippen MR) is 133 cm³/mol. The van der Waals surface area contributed by atoms with Crippen LogP contribution in [0.25, 0.3) is 0 Å². The number of hydrogen-bond donors (Lipinski definition) is 3. The Balaban J connectivity index is 1.29. The summed E-state index contributed by atoms with van der Waals surface area (Å²) in [4.78, 5) is 26.0. The minimum Gasteiger partial charge on any atom is -0.340 e. The molecule has 3 aliphatic rings. The van der Waals surface area contributed by atoms with Crippen molar-refractivity contribution < 1.29 is 22.4 Å². The molecule has 3 N–H and O–H groups in total. The fraction of sp³-hybridized carbons (Fsp3) is 0.259. The first kappa shape index (κ1) is 24.1. The molecule has 9 heteroatoms. The standard InChI is InChI=1S/C27H26FN3O4S/c28-21-8-4-7-20(14-21)25(32)30-24(13-18-5-2-1-3-6-18)26(33)29-22-9-11-23(12-10-22)36(34,35)31-27-15-19(16-27)17-27/h1-12,14,19,24,31H,13,15-17H2,(H,29,33)(H,30,32)/t19?,24-,27?/m0/s1. The van der Waals surface area contributed by atoms with Crippen LogP contribution in [0.4, 0.5) is 10.1 Å². The lowest BCUT2D eigenvalue weighted by Gasteiger charge is -2.61. The molecule has 3 aromatic carbocycles. The van der Waals surface area contributed by atoms with Gasteiger partial charge in [-0.05, 0) is 73.2 Å². The topological polar surface area (TPSA) is 104 Å². The van der Waals surface area contributed by atoms with Crippen molar-refractivity contribution >= 4 is 27.5 Å². The summed E-state index contributed by atoms with van der Waals surface area (Å²) in [6.45, 7) is 0. The summed E-state index contributed by atoms with van der Waals surface area (Å²) in [6, 6.07) is 19.4. The Hall–Kier alpha value is -3.56. The minimum absolute atomic E-state index is 0.103. The van der Waals surface area contributed by atoms with Gasteiger partial charge in [0.15, 0.2) is 0 Å². The van der Waals surface area contributed by atoms with Crippen molar-refractivity contribution in [2.45, 2.75) is 42.2 Å². The van der Waals surface area contributed by atoms with Crippen LogP contribution in [0.1, 0.15) is 35.2 Å². The van der Waals surface area contributed by atoms with E-state index in [0.29, 0.717) is 11.6 Å². The molecular formula is C27H26FN3O4S. The lowest BCUT2D eigenvalue weighted by Crippen LogP contribution is -2.67. The summed E-state index contributed by atoms with van der Waals surface area (Å²) in [5.41, 5.74) is 1.05. The van der Waals surface area contributed by atoms with Crippen LogP contribution in [0.15, 0.2) is 83.8 Å². The number of sulfonamides is 1. The van der Waals surface area contributed by atoms with Gasteiger partial charge in [-0.15, -0.1) is 0 Å². The summed E-state index contributed by atoms with van der Waals surface area (Å²) in [5.74, 6) is -0.960. The van der Waals surface area contributed by atoms with Gasteiger partial charge in [0.1, 0.15) is 11.9 Å². The van der Waals surface area contributed by atoms with Crippen LogP contribution in [0.3, 0.4) is 0 Å². The number of hydrogen-bond acceptors (Lipinski definition) is 4. The summed E-state index contributed by atoms with van der Waals surface area (Å²) >= 11 is 0. The van der Waals surface area contributed by atoms with Crippen molar-refractivity contribution in [3.8, 4) is 0 Å². The van der Waals surface area contributed by atoms with E-state index in [1.807, 2.05) is 30.3 Å². The summed E-state index contributed by atoms with van der Waals surface area (Å²) in [6.07, 6.45) is 2.90. The molecule has 0 unspecified atom stereocenters. The molecule has 0 spiro atoms. The largest absolute Gasteiger partial charge is 0.340 e. The zero-order valence-electron chi connectivity index (χ0n) is 19.4. The first-order valence-electron chi connectivity index (χ1n) is 11.8. The van der Waals surface area contributed by atoms with Gasteiger partial charge in [-0.3, -0.25) is 9.59 Å². The van der Waals surface area contributed by atoms with Gasteiger partial charge >= 0.3 is 0 Å². The Morgan fingerprint density at radius 3 is 2.25 bits per heavy atom. The predicted octanol–water partition coefficient (Wildman–Crippen LogP) is 3.64. The normalized spacial score (nSPS) is 21.0. The molecule has 2 bridgehead atoms. The van der Waals surface area contributed by atoms with E-state index >= 15 is 0 Å². The molecule has 0 radical (unpaired) electrons. The molecule has 36 heavy (non-hydrogen) atoms. The molecule has 0 saturated heterocycles. The van der Waals surface area contributed by atoms with Gasteiger partial charge in [0.2, 0.25) is 15.9 Å². The molecule has 0 heterocycles. The molecule has 1 atom stereocenters. The second kappa shape index (κ2) is 9.48. The highest BCUT2D eigenvalue weighted by molar-refractivity contribution is 7.89. The maximum atomic E-state index is 13.6. The first-order chi connectivity index (χ1) is 17.2. The van der Waals surface area contributed by atoms with Crippen molar-refractivity contribution in [2.24, 2.45) is 5.92 Å². The van der Waals surface area contributed by atoms with Gasteiger partial charge in [-0.25, -0.2) is 17.5 Å². The first-order valence-corrected chi connectivity index (χ1v) is 13.2. The van der Waals surface area contributed by atoms with Crippen LogP contribution in [-0.4, -0.2) is 31.8 Å². The second-order valence-corrected chi connectivity index (χ2v) is 11.3. The maximum absolute atomic E-state index is 13.6. The molecular weight excluding hydrogens is 481 g/mol. The molecule has 0 aliphatic heterocycles. The number of amides is 2. The van der Waals surface area contributed by atoms with E-state index in [4.69, 9.17) is 0 Å². The molecule has 186 valence electrons. The van der Waals surface area contributed by atoms with E-state index in [1.54, 1.807) is 0 Å². The minimum atomic E-state index is -3.64. The fourth-order valence-corrected chi connectivity index (χ4v) is 6.26. The quantitative estimate of drug-likeness (QED) is 0.411. The van der Waals surface area contributed by atoms with Crippen molar-refractivity contribution in [1.29, 1.82) is 0 Å². The van der Waals surface area contributed by atoms with E-state index in [9.17, 15) is 22.4 Å². The number of benzene rings is 3. The molecule has 6 rings (SSSR count). The highest BCUT2D eigenvalue weighted by atomic mass is 32.2. The Morgan fingerprint density at radius 2 is 1.64 bits per heavy atom. The highest BCUT2D eigenvalue weighted by Crippen LogP contribution is 2.57. The Kier molecular flexibility index (Phi) is 6.36. The molecule has 3 saturated carbocycles. The smallest absolute Gasteiger partial charge is 0.252 e. The van der Waals surface area contributed by atoms with Gasteiger partial charge in [-0.2, -0.15) is 0 Å².